The van der Waals surface area contributed by atoms with Gasteiger partial charge >= 0.3 is 0 Å². The van der Waals surface area contributed by atoms with Crippen molar-refractivity contribution in [2.24, 2.45) is 11.8 Å². The molecule has 0 aliphatic rings. The maximum atomic E-state index is 5.94. The second-order valence-corrected chi connectivity index (χ2v) is 5.00. The minimum atomic E-state index is 0.602. The molecule has 80 valence electrons. The molecular weight excluding hydrogens is 263 g/mol. The largest absolute Gasteiger partial charge is 0.271 e. The zero-order chi connectivity index (χ0) is 10.7. The highest BCUT2D eigenvalue weighted by molar-refractivity contribution is 9.09. The van der Waals surface area contributed by atoms with E-state index < -0.39 is 0 Å². The Morgan fingerprint density at radius 3 is 2.57 bits per heavy atom. The molecule has 1 unspecified atom stereocenters. The zero-order valence-corrected chi connectivity index (χ0v) is 11.1. The molecule has 1 aromatic heterocycles. The number of hydrogen-bond acceptors (Lipinski definition) is 1. The molecule has 0 aliphatic carbocycles. The van der Waals surface area contributed by atoms with Crippen LogP contribution in [0, 0.1) is 18.8 Å². The van der Waals surface area contributed by atoms with E-state index in [1.54, 1.807) is 0 Å². The molecule has 0 saturated carbocycles. The van der Waals surface area contributed by atoms with Gasteiger partial charge in [0.1, 0.15) is 0 Å². The van der Waals surface area contributed by atoms with Crippen molar-refractivity contribution < 1.29 is 0 Å². The van der Waals surface area contributed by atoms with Crippen molar-refractivity contribution in [2.75, 3.05) is 5.33 Å². The third kappa shape index (κ3) is 2.99. The Morgan fingerprint density at radius 2 is 2.21 bits per heavy atom. The van der Waals surface area contributed by atoms with Crippen LogP contribution in [-0.4, -0.2) is 15.1 Å². The first-order valence-corrected chi connectivity index (χ1v) is 6.30. The van der Waals surface area contributed by atoms with Gasteiger partial charge in [0.05, 0.1) is 10.7 Å². The number of hydrogen-bond donors (Lipinski definition) is 0. The molecule has 0 saturated heterocycles. The second-order valence-electron chi connectivity index (χ2n) is 3.94. The van der Waals surface area contributed by atoms with Crippen molar-refractivity contribution >= 4 is 27.5 Å². The van der Waals surface area contributed by atoms with Crippen LogP contribution in [0.3, 0.4) is 0 Å². The number of aromatic nitrogens is 2. The minimum Gasteiger partial charge on any atom is -0.271 e. The van der Waals surface area contributed by atoms with Crippen LogP contribution in [0.15, 0.2) is 6.20 Å². The van der Waals surface area contributed by atoms with Crippen molar-refractivity contribution in [1.82, 2.24) is 9.78 Å². The van der Waals surface area contributed by atoms with E-state index in [4.69, 9.17) is 11.6 Å². The second kappa shape index (κ2) is 5.17. The zero-order valence-electron chi connectivity index (χ0n) is 8.80. The Labute approximate surface area is 98.8 Å². The summed E-state index contributed by atoms with van der Waals surface area (Å²) in [5, 5.41) is 6.10. The standard InChI is InChI=1S/C10H16BrClN2/c1-7(2)9(4-11)5-14-6-10(12)8(3)13-14/h6-7,9H,4-5H2,1-3H3. The normalized spacial score (nSPS) is 13.6. The van der Waals surface area contributed by atoms with Crippen molar-refractivity contribution in [2.45, 2.75) is 27.3 Å². The number of rotatable bonds is 4. The van der Waals surface area contributed by atoms with E-state index in [2.05, 4.69) is 34.9 Å². The molecular formula is C10H16BrClN2. The van der Waals surface area contributed by atoms with Crippen LogP contribution >= 0.6 is 27.5 Å². The van der Waals surface area contributed by atoms with Gasteiger partial charge in [0.2, 0.25) is 0 Å². The number of aryl methyl sites for hydroxylation is 1. The van der Waals surface area contributed by atoms with Crippen LogP contribution in [0.25, 0.3) is 0 Å². The van der Waals surface area contributed by atoms with Gasteiger partial charge in [0, 0.05) is 18.1 Å². The molecule has 14 heavy (non-hydrogen) atoms. The molecule has 0 bridgehead atoms. The van der Waals surface area contributed by atoms with Gasteiger partial charge in [-0.15, -0.1) is 0 Å². The minimum absolute atomic E-state index is 0.602. The van der Waals surface area contributed by atoms with Gasteiger partial charge in [0.15, 0.2) is 0 Å². The van der Waals surface area contributed by atoms with Crippen LogP contribution < -0.4 is 0 Å². The molecule has 0 fully saturated rings. The molecule has 0 N–H and O–H groups in total. The SMILES string of the molecule is Cc1nn(CC(CBr)C(C)C)cc1Cl. The fourth-order valence-corrected chi connectivity index (χ4v) is 2.37. The van der Waals surface area contributed by atoms with Gasteiger partial charge in [-0.2, -0.15) is 5.10 Å². The summed E-state index contributed by atoms with van der Waals surface area (Å²) >= 11 is 9.47. The van der Waals surface area contributed by atoms with Crippen LogP contribution in [0.2, 0.25) is 5.02 Å². The molecule has 0 aliphatic heterocycles. The van der Waals surface area contributed by atoms with Gasteiger partial charge in [0.25, 0.3) is 0 Å². The molecule has 0 aromatic carbocycles. The average molecular weight is 280 g/mol. The molecule has 0 radical (unpaired) electrons. The smallest absolute Gasteiger partial charge is 0.0814 e. The highest BCUT2D eigenvalue weighted by atomic mass is 79.9. The first kappa shape index (κ1) is 12.1. The van der Waals surface area contributed by atoms with Gasteiger partial charge in [-0.25, -0.2) is 0 Å². The van der Waals surface area contributed by atoms with Crippen LogP contribution in [-0.2, 0) is 6.54 Å². The number of alkyl halides is 1. The molecule has 1 heterocycles. The molecule has 4 heteroatoms. The lowest BCUT2D eigenvalue weighted by molar-refractivity contribution is 0.356. The first-order chi connectivity index (χ1) is 6.54. The van der Waals surface area contributed by atoms with Gasteiger partial charge < -0.3 is 0 Å². The molecule has 0 amide bonds. The van der Waals surface area contributed by atoms with Crippen LogP contribution in [0.4, 0.5) is 0 Å². The van der Waals surface area contributed by atoms with Gasteiger partial charge in [-0.1, -0.05) is 41.4 Å². The van der Waals surface area contributed by atoms with E-state index in [1.165, 1.54) is 0 Å². The fourth-order valence-electron chi connectivity index (χ4n) is 1.27. The van der Waals surface area contributed by atoms with Crippen molar-refractivity contribution in [3.05, 3.63) is 16.9 Å². The Balaban J connectivity index is 2.67. The summed E-state index contributed by atoms with van der Waals surface area (Å²) in [7, 11) is 0. The molecule has 1 rings (SSSR count). The van der Waals surface area contributed by atoms with Gasteiger partial charge in [-0.3, -0.25) is 4.68 Å². The lowest BCUT2D eigenvalue weighted by Crippen LogP contribution is -2.18. The summed E-state index contributed by atoms with van der Waals surface area (Å²) in [6, 6.07) is 0. The summed E-state index contributed by atoms with van der Waals surface area (Å²) < 4.78 is 1.93. The lowest BCUT2D eigenvalue weighted by atomic mass is 9.98. The van der Waals surface area contributed by atoms with E-state index >= 15 is 0 Å². The lowest BCUT2D eigenvalue weighted by Gasteiger charge is -2.17. The van der Waals surface area contributed by atoms with E-state index in [-0.39, 0.29) is 0 Å². The van der Waals surface area contributed by atoms with Crippen LogP contribution in [0.1, 0.15) is 19.5 Å². The maximum Gasteiger partial charge on any atom is 0.0814 e. The summed E-state index contributed by atoms with van der Waals surface area (Å²) in [6.45, 7) is 7.31. The maximum absolute atomic E-state index is 5.94. The Bertz CT molecular complexity index is 277. The Hall–Kier alpha value is -0.0200. The third-order valence-corrected chi connectivity index (χ3v) is 3.65. The summed E-state index contributed by atoms with van der Waals surface area (Å²) in [5.74, 6) is 1.25. The van der Waals surface area contributed by atoms with Crippen LogP contribution in [0.5, 0.6) is 0 Å². The van der Waals surface area contributed by atoms with Crippen molar-refractivity contribution in [3.8, 4) is 0 Å². The average Bonchev–Trinajstić information content (AvgIpc) is 2.41. The first-order valence-electron chi connectivity index (χ1n) is 4.80. The Kier molecular flexibility index (Phi) is 4.45. The predicted molar refractivity (Wildman–Crippen MR) is 64.1 cm³/mol. The van der Waals surface area contributed by atoms with E-state index in [0.717, 1.165) is 22.6 Å². The third-order valence-electron chi connectivity index (χ3n) is 2.45. The summed E-state index contributed by atoms with van der Waals surface area (Å²) in [4.78, 5) is 0. The molecule has 0 spiro atoms. The molecule has 1 aromatic rings. The topological polar surface area (TPSA) is 17.8 Å². The van der Waals surface area contributed by atoms with Crippen molar-refractivity contribution in [3.63, 3.8) is 0 Å². The molecule has 1 atom stereocenters. The number of halogens is 2. The predicted octanol–water partition coefficient (Wildman–Crippen LogP) is 3.51. The molecule has 2 nitrogen and oxygen atoms in total. The number of nitrogens with zero attached hydrogens (tertiary/aromatic N) is 2. The highest BCUT2D eigenvalue weighted by Gasteiger charge is 2.13. The quantitative estimate of drug-likeness (QED) is 0.771. The van der Waals surface area contributed by atoms with E-state index in [9.17, 15) is 0 Å². The summed E-state index contributed by atoms with van der Waals surface area (Å²) in [6.07, 6.45) is 1.90. The highest BCUT2D eigenvalue weighted by Crippen LogP contribution is 2.18. The van der Waals surface area contributed by atoms with E-state index in [0.29, 0.717) is 11.8 Å². The monoisotopic (exact) mass is 278 g/mol. The summed E-state index contributed by atoms with van der Waals surface area (Å²) in [5.41, 5.74) is 0.906. The fraction of sp³-hybridized carbons (Fsp3) is 0.700. The Morgan fingerprint density at radius 1 is 1.57 bits per heavy atom. The van der Waals surface area contributed by atoms with Crippen molar-refractivity contribution in [1.29, 1.82) is 0 Å². The van der Waals surface area contributed by atoms with E-state index in [1.807, 2.05) is 17.8 Å². The van der Waals surface area contributed by atoms with Gasteiger partial charge in [-0.05, 0) is 18.8 Å².